The molecule has 0 saturated heterocycles. The quantitative estimate of drug-likeness (QED) is 0.729. The molecule has 6 nitrogen and oxygen atoms in total. The zero-order valence-corrected chi connectivity index (χ0v) is 13.3. The minimum Gasteiger partial charge on any atom is -0.360 e. The van der Waals surface area contributed by atoms with Gasteiger partial charge in [0, 0.05) is 12.3 Å². The molecule has 1 aromatic carbocycles. The maximum Gasteiger partial charge on any atom is 0.239 e. The zero-order chi connectivity index (χ0) is 16.8. The summed E-state index contributed by atoms with van der Waals surface area (Å²) in [6, 6.07) is 17.1. The van der Waals surface area contributed by atoms with E-state index in [1.54, 1.807) is 19.2 Å². The van der Waals surface area contributed by atoms with Crippen LogP contribution in [-0.4, -0.2) is 22.6 Å². The van der Waals surface area contributed by atoms with Crippen molar-refractivity contribution in [1.82, 2.24) is 15.5 Å². The molecule has 2 heterocycles. The molecule has 24 heavy (non-hydrogen) atoms. The summed E-state index contributed by atoms with van der Waals surface area (Å²) in [7, 11) is 0. The molecule has 122 valence electrons. The molecule has 0 spiro atoms. The molecule has 0 fully saturated rings. The van der Waals surface area contributed by atoms with Gasteiger partial charge in [-0.25, -0.2) is 0 Å². The number of nitrogens with one attached hydrogen (secondary N) is 2. The van der Waals surface area contributed by atoms with Gasteiger partial charge in [0.1, 0.15) is 5.76 Å². The van der Waals surface area contributed by atoms with Crippen LogP contribution < -0.4 is 10.6 Å². The summed E-state index contributed by atoms with van der Waals surface area (Å²) in [4.78, 5) is 16.5. The summed E-state index contributed by atoms with van der Waals surface area (Å²) in [5.41, 5.74) is 1.90. The predicted molar refractivity (Wildman–Crippen MR) is 90.4 cm³/mol. The minimum absolute atomic E-state index is 0.127. The van der Waals surface area contributed by atoms with Crippen LogP contribution in [-0.2, 0) is 4.79 Å². The summed E-state index contributed by atoms with van der Waals surface area (Å²) in [6.45, 7) is 1.90. The van der Waals surface area contributed by atoms with Crippen molar-refractivity contribution in [3.05, 3.63) is 77.8 Å². The fraction of sp³-hybridized carbons (Fsp3) is 0.167. The highest BCUT2D eigenvalue weighted by Crippen LogP contribution is 2.19. The number of rotatable bonds is 6. The first-order valence-corrected chi connectivity index (χ1v) is 7.65. The lowest BCUT2D eigenvalue weighted by Gasteiger charge is -2.18. The van der Waals surface area contributed by atoms with Gasteiger partial charge in [0.25, 0.3) is 0 Å². The van der Waals surface area contributed by atoms with Gasteiger partial charge in [0.2, 0.25) is 5.91 Å². The molecular weight excluding hydrogens is 304 g/mol. The van der Waals surface area contributed by atoms with E-state index in [0.717, 1.165) is 11.3 Å². The molecule has 1 amide bonds. The highest BCUT2D eigenvalue weighted by Gasteiger charge is 2.16. The van der Waals surface area contributed by atoms with Crippen molar-refractivity contribution in [1.29, 1.82) is 0 Å². The van der Waals surface area contributed by atoms with Gasteiger partial charge in [0.15, 0.2) is 5.82 Å². The Hall–Kier alpha value is -2.99. The van der Waals surface area contributed by atoms with Crippen molar-refractivity contribution >= 4 is 11.7 Å². The third-order valence-electron chi connectivity index (χ3n) is 3.48. The number of carbonyl (C=O) groups excluding carboxylic acids is 1. The summed E-state index contributed by atoms with van der Waals surface area (Å²) >= 11 is 0. The molecule has 3 rings (SSSR count). The smallest absolute Gasteiger partial charge is 0.239 e. The Labute approximate surface area is 139 Å². The first-order chi connectivity index (χ1) is 11.7. The number of hydrogen-bond acceptors (Lipinski definition) is 5. The van der Waals surface area contributed by atoms with Crippen molar-refractivity contribution in [3.63, 3.8) is 0 Å². The summed E-state index contributed by atoms with van der Waals surface area (Å²) in [6.07, 6.45) is 1.74. The van der Waals surface area contributed by atoms with E-state index in [1.165, 1.54) is 0 Å². The maximum atomic E-state index is 12.1. The average molecular weight is 322 g/mol. The maximum absolute atomic E-state index is 12.1. The van der Waals surface area contributed by atoms with Gasteiger partial charge in [-0.3, -0.25) is 15.1 Å². The van der Waals surface area contributed by atoms with Gasteiger partial charge in [-0.05, 0) is 24.6 Å². The number of nitrogens with zero attached hydrogens (tertiary/aromatic N) is 2. The standard InChI is InChI=1S/C18H18N4O2/c1-13-11-16(22-24-13)21-17(23)12-20-18(14-7-3-2-4-8-14)15-9-5-6-10-19-15/h2-11,18,20H,12H2,1H3,(H,21,22,23)/t18-/m0/s1. The van der Waals surface area contributed by atoms with Gasteiger partial charge in [-0.2, -0.15) is 0 Å². The van der Waals surface area contributed by atoms with Crippen molar-refractivity contribution in [3.8, 4) is 0 Å². The van der Waals surface area contributed by atoms with Gasteiger partial charge < -0.3 is 9.84 Å². The van der Waals surface area contributed by atoms with Crippen LogP contribution in [0.3, 0.4) is 0 Å². The molecule has 1 atom stereocenters. The van der Waals surface area contributed by atoms with Crippen LogP contribution in [0.5, 0.6) is 0 Å². The van der Waals surface area contributed by atoms with Gasteiger partial charge in [-0.1, -0.05) is 41.6 Å². The molecule has 0 aliphatic carbocycles. The lowest BCUT2D eigenvalue weighted by atomic mass is 10.0. The lowest BCUT2D eigenvalue weighted by molar-refractivity contribution is -0.115. The summed E-state index contributed by atoms with van der Waals surface area (Å²) < 4.78 is 4.93. The van der Waals surface area contributed by atoms with E-state index in [-0.39, 0.29) is 18.5 Å². The van der Waals surface area contributed by atoms with E-state index in [9.17, 15) is 4.79 Å². The number of aromatic nitrogens is 2. The molecule has 0 unspecified atom stereocenters. The first kappa shape index (κ1) is 15.9. The fourth-order valence-corrected chi connectivity index (χ4v) is 2.39. The third kappa shape index (κ3) is 4.05. The first-order valence-electron chi connectivity index (χ1n) is 7.65. The van der Waals surface area contributed by atoms with Crippen LogP contribution >= 0.6 is 0 Å². The fourth-order valence-electron chi connectivity index (χ4n) is 2.39. The topological polar surface area (TPSA) is 80.0 Å². The number of amides is 1. The Balaban J connectivity index is 1.69. The van der Waals surface area contributed by atoms with E-state index in [0.29, 0.717) is 11.6 Å². The van der Waals surface area contributed by atoms with Crippen LogP contribution in [0.1, 0.15) is 23.1 Å². The molecule has 0 bridgehead atoms. The van der Waals surface area contributed by atoms with Gasteiger partial charge in [0.05, 0.1) is 18.3 Å². The molecule has 0 saturated carbocycles. The molecule has 2 aromatic heterocycles. The van der Waals surface area contributed by atoms with Crippen LogP contribution in [0.15, 0.2) is 65.3 Å². The Morgan fingerprint density at radius 1 is 1.17 bits per heavy atom. The second-order valence-corrected chi connectivity index (χ2v) is 5.35. The molecule has 0 aliphatic heterocycles. The molecular formula is C18H18N4O2. The minimum atomic E-state index is -0.194. The van der Waals surface area contributed by atoms with Crippen LogP contribution in [0.2, 0.25) is 0 Å². The Morgan fingerprint density at radius 3 is 2.62 bits per heavy atom. The Bertz CT molecular complexity index is 748. The Kier molecular flexibility index (Phi) is 4.98. The zero-order valence-electron chi connectivity index (χ0n) is 13.3. The SMILES string of the molecule is Cc1cc(NC(=O)CN[C@@H](c2ccccc2)c2ccccn2)no1. The monoisotopic (exact) mass is 322 g/mol. The average Bonchev–Trinajstić information content (AvgIpc) is 3.02. The van der Waals surface area contributed by atoms with E-state index in [4.69, 9.17) is 4.52 Å². The summed E-state index contributed by atoms with van der Waals surface area (Å²) in [5, 5.41) is 9.69. The third-order valence-corrected chi connectivity index (χ3v) is 3.48. The van der Waals surface area contributed by atoms with E-state index in [1.807, 2.05) is 48.5 Å². The highest BCUT2D eigenvalue weighted by molar-refractivity contribution is 5.91. The molecule has 6 heteroatoms. The molecule has 2 N–H and O–H groups in total. The highest BCUT2D eigenvalue weighted by atomic mass is 16.5. The number of carbonyl (C=O) groups is 1. The summed E-state index contributed by atoms with van der Waals surface area (Å²) in [5.74, 6) is 0.863. The van der Waals surface area contributed by atoms with E-state index >= 15 is 0 Å². The predicted octanol–water partition coefficient (Wildman–Crippen LogP) is 2.70. The second-order valence-electron chi connectivity index (χ2n) is 5.35. The van der Waals surface area contributed by atoms with Gasteiger partial charge >= 0.3 is 0 Å². The number of anilines is 1. The van der Waals surface area contributed by atoms with Crippen molar-refractivity contribution in [2.75, 3.05) is 11.9 Å². The lowest BCUT2D eigenvalue weighted by Crippen LogP contribution is -2.32. The number of hydrogen-bond donors (Lipinski definition) is 2. The second kappa shape index (κ2) is 7.52. The van der Waals surface area contributed by atoms with Crippen molar-refractivity contribution in [2.24, 2.45) is 0 Å². The molecule has 3 aromatic rings. The Morgan fingerprint density at radius 2 is 1.96 bits per heavy atom. The van der Waals surface area contributed by atoms with Crippen molar-refractivity contribution < 1.29 is 9.32 Å². The number of benzene rings is 1. The van der Waals surface area contributed by atoms with Crippen molar-refractivity contribution in [2.45, 2.75) is 13.0 Å². The van der Waals surface area contributed by atoms with E-state index < -0.39 is 0 Å². The van der Waals surface area contributed by atoms with E-state index in [2.05, 4.69) is 20.8 Å². The van der Waals surface area contributed by atoms with Crippen LogP contribution in [0.25, 0.3) is 0 Å². The van der Waals surface area contributed by atoms with Crippen LogP contribution in [0.4, 0.5) is 5.82 Å². The van der Waals surface area contributed by atoms with Crippen LogP contribution in [0, 0.1) is 6.92 Å². The molecule has 0 radical (unpaired) electrons. The normalized spacial score (nSPS) is 11.9. The van der Waals surface area contributed by atoms with Gasteiger partial charge in [-0.15, -0.1) is 0 Å². The molecule has 0 aliphatic rings. The number of pyridine rings is 1. The number of aryl methyl sites for hydroxylation is 1. The largest absolute Gasteiger partial charge is 0.360 e.